The molecule has 0 saturated heterocycles. The number of hydrogen-bond donors (Lipinski definition) is 10. The number of ether oxygens (including phenoxy) is 2. The van der Waals surface area contributed by atoms with E-state index < -0.39 is 88.4 Å². The number of rotatable bonds is 4. The molecule has 0 radical (unpaired) electrons. The van der Waals surface area contributed by atoms with Crippen molar-refractivity contribution >= 4 is 11.9 Å². The van der Waals surface area contributed by atoms with E-state index in [1.165, 1.54) is 0 Å². The first-order valence-corrected chi connectivity index (χ1v) is 8.79. The van der Waals surface area contributed by atoms with Crippen molar-refractivity contribution in [2.75, 3.05) is 13.2 Å². The van der Waals surface area contributed by atoms with E-state index in [2.05, 4.69) is 9.47 Å². The fourth-order valence-corrected chi connectivity index (χ4v) is 1.65. The van der Waals surface area contributed by atoms with Crippen molar-refractivity contribution in [3.05, 3.63) is 23.0 Å². The normalized spacial score (nSPS) is 23.1. The van der Waals surface area contributed by atoms with Crippen LogP contribution in [0, 0.1) is 0 Å². The summed E-state index contributed by atoms with van der Waals surface area (Å²) in [6.07, 6.45) is -5.55. The molecular formula is C12H18O15V. The molecule has 0 saturated carbocycles. The monoisotopic (exact) mass is 453 g/mol. The van der Waals surface area contributed by atoms with Crippen molar-refractivity contribution in [1.82, 2.24) is 0 Å². The molecule has 0 aromatic rings. The molecule has 10 N–H and O–H groups in total. The van der Waals surface area contributed by atoms with Crippen molar-refractivity contribution in [3.8, 4) is 0 Å². The van der Waals surface area contributed by atoms with E-state index >= 15 is 0 Å². The standard InChI is InChI=1S/2C6H8O6.2H2O.O.V/c2*7-1-2(8)5-3(9)4(10)6(11)12-5;;;;/h2*2,5,7-10H,1H2;2*1H2;;/q;;;;;+2/p-2. The second kappa shape index (κ2) is 11.6. The van der Waals surface area contributed by atoms with E-state index in [4.69, 9.17) is 52.6 Å². The molecule has 16 heteroatoms. The van der Waals surface area contributed by atoms with Crippen LogP contribution in [0.2, 0.25) is 0 Å². The zero-order valence-corrected chi connectivity index (χ0v) is 15.1. The molecule has 0 bridgehead atoms. The van der Waals surface area contributed by atoms with Crippen molar-refractivity contribution in [1.29, 1.82) is 0 Å². The number of aliphatic hydroxyl groups excluding tert-OH is 8. The first-order chi connectivity index (χ1) is 12.9. The summed E-state index contributed by atoms with van der Waals surface area (Å²) in [4.78, 5) is 21.1. The molecule has 2 aliphatic heterocycles. The summed E-state index contributed by atoms with van der Waals surface area (Å²) >= 11 is -3.44. The molecule has 0 spiro atoms. The van der Waals surface area contributed by atoms with Gasteiger partial charge in [0, 0.05) is 0 Å². The van der Waals surface area contributed by atoms with Crippen LogP contribution >= 0.6 is 0 Å². The van der Waals surface area contributed by atoms with Crippen LogP contribution in [0.4, 0.5) is 0 Å². The van der Waals surface area contributed by atoms with Crippen LogP contribution in [-0.4, -0.2) is 98.5 Å². The number of carbonyl (C=O) groups is 2. The minimum atomic E-state index is -3.44. The van der Waals surface area contributed by atoms with Gasteiger partial charge in [-0.25, -0.2) is 9.59 Å². The van der Waals surface area contributed by atoms with Crippen LogP contribution in [0.25, 0.3) is 0 Å². The van der Waals surface area contributed by atoms with Crippen LogP contribution in [0.3, 0.4) is 0 Å². The number of esters is 2. The van der Waals surface area contributed by atoms with E-state index in [-0.39, 0.29) is 0 Å². The Balaban J connectivity index is 0.000000439. The summed E-state index contributed by atoms with van der Waals surface area (Å²) in [5.74, 6) is -5.56. The van der Waals surface area contributed by atoms with Crippen molar-refractivity contribution in [3.63, 3.8) is 0 Å². The van der Waals surface area contributed by atoms with Gasteiger partial charge < -0.3 is 50.3 Å². The number of aliphatic hydroxyl groups is 8. The Labute approximate surface area is 160 Å². The third kappa shape index (κ3) is 7.06. The molecule has 0 aromatic heterocycles. The molecule has 4 atom stereocenters. The van der Waals surface area contributed by atoms with Crippen molar-refractivity contribution in [2.45, 2.75) is 24.4 Å². The second-order valence-electron chi connectivity index (χ2n) is 4.87. The first kappa shape index (κ1) is 25.8. The molecule has 0 aromatic carbocycles. The molecule has 0 fully saturated rings. The molecule has 2 rings (SSSR count). The molecule has 15 nitrogen and oxygen atoms in total. The first-order valence-electron chi connectivity index (χ1n) is 6.97. The fraction of sp³-hybridized carbons (Fsp3) is 0.500. The van der Waals surface area contributed by atoms with Gasteiger partial charge in [-0.05, 0) is 0 Å². The molecule has 28 heavy (non-hydrogen) atoms. The number of carbonyl (C=O) groups excluding carboxylic acids is 2. The van der Waals surface area contributed by atoms with Crippen molar-refractivity contribution < 1.29 is 87.5 Å². The Bertz CT molecular complexity index is 601. The summed E-state index contributed by atoms with van der Waals surface area (Å²) in [5, 5.41) is 70.1. The molecule has 0 amide bonds. The Morgan fingerprint density at radius 3 is 1.18 bits per heavy atom. The average molecular weight is 453 g/mol. The van der Waals surface area contributed by atoms with Gasteiger partial charge >= 0.3 is 39.5 Å². The van der Waals surface area contributed by atoms with Gasteiger partial charge in [-0.3, -0.25) is 0 Å². The van der Waals surface area contributed by atoms with Crippen LogP contribution in [0.15, 0.2) is 23.0 Å². The van der Waals surface area contributed by atoms with E-state index in [1.807, 2.05) is 0 Å². The Morgan fingerprint density at radius 1 is 0.786 bits per heavy atom. The van der Waals surface area contributed by atoms with Crippen LogP contribution < -0.4 is 0 Å². The molecule has 2 aliphatic rings. The van der Waals surface area contributed by atoms with E-state index in [1.54, 1.807) is 0 Å². The van der Waals surface area contributed by atoms with Gasteiger partial charge in [-0.1, -0.05) is 0 Å². The zero-order valence-electron chi connectivity index (χ0n) is 13.7. The van der Waals surface area contributed by atoms with Gasteiger partial charge in [-0.15, -0.1) is 0 Å². The predicted molar refractivity (Wildman–Crippen MR) is 75.6 cm³/mol. The second-order valence-corrected chi connectivity index (χ2v) is 5.66. The molecule has 4 unspecified atom stereocenters. The maximum absolute atomic E-state index is 10.5. The van der Waals surface area contributed by atoms with Gasteiger partial charge in [-0.2, -0.15) is 0 Å². The fourth-order valence-electron chi connectivity index (χ4n) is 1.65. The molecule has 0 aliphatic carbocycles. The minimum absolute atomic E-state index is 0.671. The number of cyclic esters (lactones) is 2. The summed E-state index contributed by atoms with van der Waals surface area (Å²) in [6, 6.07) is 0. The van der Waals surface area contributed by atoms with Gasteiger partial charge in [0.25, 0.3) is 0 Å². The molecule has 2 heterocycles. The third-order valence-corrected chi connectivity index (χ3v) is 2.95. The van der Waals surface area contributed by atoms with Gasteiger partial charge in [0.1, 0.15) is 12.2 Å². The molecular weight excluding hydrogens is 435 g/mol. The Morgan fingerprint density at radius 2 is 1.04 bits per heavy atom. The average Bonchev–Trinajstić information content (AvgIpc) is 3.05. The van der Waals surface area contributed by atoms with Gasteiger partial charge in [0.15, 0.2) is 23.7 Å². The van der Waals surface area contributed by atoms with Crippen LogP contribution in [-0.2, 0) is 38.5 Å². The maximum atomic E-state index is 10.5. The van der Waals surface area contributed by atoms with Crippen LogP contribution in [0.1, 0.15) is 0 Å². The number of hydrogen-bond acceptors (Lipinski definition) is 13. The zero-order chi connectivity index (χ0) is 22.2. The summed E-state index contributed by atoms with van der Waals surface area (Å²) in [6.45, 7) is -1.34. The Kier molecular flexibility index (Phi) is 10.6. The van der Waals surface area contributed by atoms with Crippen molar-refractivity contribution in [2.24, 2.45) is 0 Å². The predicted octanol–water partition coefficient (Wildman–Crippen LogP) is -4.05. The van der Waals surface area contributed by atoms with E-state index in [0.717, 1.165) is 0 Å². The Hall–Kier alpha value is -2.24. The summed E-state index contributed by atoms with van der Waals surface area (Å²) < 4.78 is 31.8. The van der Waals surface area contributed by atoms with E-state index in [9.17, 15) is 9.59 Å². The quantitative estimate of drug-likeness (QED) is 0.181. The summed E-state index contributed by atoms with van der Waals surface area (Å²) in [7, 11) is 0. The SMILES string of the molecule is O=C1OC(C(O)CO)C(O)=C1O.O=C1OC(C(O)CO)C(O)=C1O.[O]=[V]([OH])[OH]. The topological polar surface area (TPSA) is 272 Å². The van der Waals surface area contributed by atoms with E-state index in [0.29, 0.717) is 0 Å². The van der Waals surface area contributed by atoms with Crippen LogP contribution in [0.5, 0.6) is 0 Å². The third-order valence-electron chi connectivity index (χ3n) is 2.95. The molecule has 161 valence electrons. The summed E-state index contributed by atoms with van der Waals surface area (Å²) in [5.41, 5.74) is 0. The van der Waals surface area contributed by atoms with Gasteiger partial charge in [0.2, 0.25) is 11.5 Å². The van der Waals surface area contributed by atoms with Gasteiger partial charge in [0.05, 0.1) is 13.2 Å².